The van der Waals surface area contributed by atoms with E-state index in [1.165, 1.54) is 6.07 Å². The molecule has 0 radical (unpaired) electrons. The molecule has 0 saturated heterocycles. The van der Waals surface area contributed by atoms with Crippen LogP contribution in [0.1, 0.15) is 11.1 Å². The maximum Gasteiger partial charge on any atom is 0.141 e. The van der Waals surface area contributed by atoms with Crippen molar-refractivity contribution in [2.75, 3.05) is 13.7 Å². The van der Waals surface area contributed by atoms with Crippen molar-refractivity contribution in [3.8, 4) is 11.5 Å². The number of methoxy groups -OCH3 is 1. The predicted octanol–water partition coefficient (Wildman–Crippen LogP) is 2.31. The van der Waals surface area contributed by atoms with Crippen molar-refractivity contribution in [1.29, 1.82) is 0 Å². The molecule has 1 aromatic heterocycles. The lowest BCUT2D eigenvalue weighted by Crippen LogP contribution is -2.06. The Kier molecular flexibility index (Phi) is 4.90. The molecule has 0 aliphatic heterocycles. The van der Waals surface area contributed by atoms with Gasteiger partial charge < -0.3 is 15.2 Å². The van der Waals surface area contributed by atoms with Gasteiger partial charge in [0.25, 0.3) is 0 Å². The van der Waals surface area contributed by atoms with Gasteiger partial charge in [0.15, 0.2) is 0 Å². The van der Waals surface area contributed by atoms with Crippen molar-refractivity contribution >= 4 is 0 Å². The molecule has 106 valence electrons. The van der Waals surface area contributed by atoms with Crippen LogP contribution in [-0.2, 0) is 13.0 Å². The lowest BCUT2D eigenvalue weighted by Gasteiger charge is -2.12. The number of halogens is 1. The van der Waals surface area contributed by atoms with E-state index in [1.54, 1.807) is 13.3 Å². The number of hydrogen-bond acceptors (Lipinski definition) is 4. The van der Waals surface area contributed by atoms with E-state index in [2.05, 4.69) is 4.98 Å². The van der Waals surface area contributed by atoms with E-state index in [0.29, 0.717) is 18.5 Å². The number of nitrogens with two attached hydrogens (primary N) is 1. The van der Waals surface area contributed by atoms with Crippen LogP contribution in [0.25, 0.3) is 0 Å². The summed E-state index contributed by atoms with van der Waals surface area (Å²) in [7, 11) is 1.61. The molecule has 2 aromatic rings. The lowest BCUT2D eigenvalue weighted by atomic mass is 10.1. The molecular formula is C15H17FN2O2. The van der Waals surface area contributed by atoms with Crippen molar-refractivity contribution in [3.05, 3.63) is 53.6 Å². The molecule has 1 heterocycles. The van der Waals surface area contributed by atoms with Gasteiger partial charge in [0.1, 0.15) is 23.9 Å². The number of benzene rings is 1. The zero-order valence-electron chi connectivity index (χ0n) is 11.3. The highest BCUT2D eigenvalue weighted by atomic mass is 19.1. The summed E-state index contributed by atoms with van der Waals surface area (Å²) < 4.78 is 23.9. The topological polar surface area (TPSA) is 57.4 Å². The minimum atomic E-state index is -0.372. The first-order valence-corrected chi connectivity index (χ1v) is 6.32. The molecule has 0 atom stereocenters. The Morgan fingerprint density at radius 2 is 2.10 bits per heavy atom. The summed E-state index contributed by atoms with van der Waals surface area (Å²) in [6.07, 6.45) is 3.43. The summed E-state index contributed by atoms with van der Waals surface area (Å²) in [4.78, 5) is 3.79. The zero-order chi connectivity index (χ0) is 14.4. The van der Waals surface area contributed by atoms with E-state index in [9.17, 15) is 4.39 Å². The van der Waals surface area contributed by atoms with Crippen LogP contribution in [0.2, 0.25) is 0 Å². The van der Waals surface area contributed by atoms with Gasteiger partial charge in [-0.05, 0) is 42.8 Å². The Morgan fingerprint density at radius 1 is 1.25 bits per heavy atom. The highest BCUT2D eigenvalue weighted by molar-refractivity contribution is 5.40. The second kappa shape index (κ2) is 6.86. The molecule has 0 aliphatic carbocycles. The molecule has 0 saturated carbocycles. The number of nitrogens with zero attached hydrogens (tertiary/aromatic N) is 1. The van der Waals surface area contributed by atoms with Crippen molar-refractivity contribution in [1.82, 2.24) is 4.98 Å². The third-order valence-electron chi connectivity index (χ3n) is 2.84. The van der Waals surface area contributed by atoms with Crippen LogP contribution in [0.3, 0.4) is 0 Å². The number of ether oxygens (including phenoxy) is 2. The lowest BCUT2D eigenvalue weighted by molar-refractivity contribution is 0.301. The minimum absolute atomic E-state index is 0.259. The first kappa shape index (κ1) is 14.3. The Labute approximate surface area is 117 Å². The van der Waals surface area contributed by atoms with Gasteiger partial charge in [-0.2, -0.15) is 0 Å². The van der Waals surface area contributed by atoms with Gasteiger partial charge in [0.2, 0.25) is 0 Å². The van der Waals surface area contributed by atoms with Crippen LogP contribution in [0.4, 0.5) is 4.39 Å². The fraction of sp³-hybridized carbons (Fsp3) is 0.267. The molecule has 20 heavy (non-hydrogen) atoms. The van der Waals surface area contributed by atoms with Crippen molar-refractivity contribution < 1.29 is 13.9 Å². The van der Waals surface area contributed by atoms with Gasteiger partial charge in [-0.15, -0.1) is 0 Å². The SMILES string of the molecule is COc1ccc(OCc2cncc(F)c2)c(CCN)c1. The molecule has 0 amide bonds. The summed E-state index contributed by atoms with van der Waals surface area (Å²) in [6, 6.07) is 6.95. The molecule has 2 rings (SSSR count). The van der Waals surface area contributed by atoms with Crippen LogP contribution < -0.4 is 15.2 Å². The summed E-state index contributed by atoms with van der Waals surface area (Å²) in [5, 5.41) is 0. The monoisotopic (exact) mass is 276 g/mol. The third kappa shape index (κ3) is 3.68. The van der Waals surface area contributed by atoms with E-state index in [0.717, 1.165) is 23.3 Å². The quantitative estimate of drug-likeness (QED) is 0.879. The Morgan fingerprint density at radius 3 is 2.80 bits per heavy atom. The van der Waals surface area contributed by atoms with Crippen LogP contribution in [0.15, 0.2) is 36.7 Å². The number of aromatic nitrogens is 1. The average Bonchev–Trinajstić information content (AvgIpc) is 2.46. The summed E-state index contributed by atoms with van der Waals surface area (Å²) >= 11 is 0. The molecule has 4 nitrogen and oxygen atoms in total. The van der Waals surface area contributed by atoms with Crippen molar-refractivity contribution in [2.24, 2.45) is 5.73 Å². The average molecular weight is 276 g/mol. The molecule has 5 heteroatoms. The molecular weight excluding hydrogens is 259 g/mol. The standard InChI is InChI=1S/C15H17FN2O2/c1-19-14-2-3-15(12(7-14)4-5-17)20-10-11-6-13(16)9-18-8-11/h2-3,6-9H,4-5,10,17H2,1H3. The fourth-order valence-corrected chi connectivity index (χ4v) is 1.87. The van der Waals surface area contributed by atoms with Crippen LogP contribution in [0.5, 0.6) is 11.5 Å². The van der Waals surface area contributed by atoms with Gasteiger partial charge in [-0.3, -0.25) is 4.98 Å². The largest absolute Gasteiger partial charge is 0.497 e. The first-order chi connectivity index (χ1) is 9.72. The van der Waals surface area contributed by atoms with Gasteiger partial charge in [-0.25, -0.2) is 4.39 Å². The Bertz CT molecular complexity index is 576. The zero-order valence-corrected chi connectivity index (χ0v) is 11.3. The van der Waals surface area contributed by atoms with Gasteiger partial charge in [0.05, 0.1) is 13.3 Å². The van der Waals surface area contributed by atoms with Crippen molar-refractivity contribution in [2.45, 2.75) is 13.0 Å². The third-order valence-corrected chi connectivity index (χ3v) is 2.84. The fourth-order valence-electron chi connectivity index (χ4n) is 1.87. The molecule has 0 aliphatic rings. The molecule has 0 unspecified atom stereocenters. The molecule has 0 fully saturated rings. The highest BCUT2D eigenvalue weighted by Crippen LogP contribution is 2.25. The molecule has 1 aromatic carbocycles. The van der Waals surface area contributed by atoms with Gasteiger partial charge >= 0.3 is 0 Å². The highest BCUT2D eigenvalue weighted by Gasteiger charge is 2.06. The summed E-state index contributed by atoms with van der Waals surface area (Å²) in [6.45, 7) is 0.777. The van der Waals surface area contributed by atoms with Gasteiger partial charge in [-0.1, -0.05) is 0 Å². The number of rotatable bonds is 6. The van der Waals surface area contributed by atoms with E-state index < -0.39 is 0 Å². The second-order valence-electron chi connectivity index (χ2n) is 4.31. The van der Waals surface area contributed by atoms with Crippen LogP contribution >= 0.6 is 0 Å². The Balaban J connectivity index is 2.12. The van der Waals surface area contributed by atoms with Crippen LogP contribution in [0, 0.1) is 5.82 Å². The van der Waals surface area contributed by atoms with E-state index in [4.69, 9.17) is 15.2 Å². The summed E-state index contributed by atoms with van der Waals surface area (Å²) in [5.74, 6) is 1.11. The maximum atomic E-state index is 13.0. The molecule has 0 spiro atoms. The summed E-state index contributed by atoms with van der Waals surface area (Å²) in [5.41, 5.74) is 7.24. The van der Waals surface area contributed by atoms with Gasteiger partial charge in [0, 0.05) is 11.8 Å². The minimum Gasteiger partial charge on any atom is -0.497 e. The number of pyridine rings is 1. The van der Waals surface area contributed by atoms with E-state index >= 15 is 0 Å². The normalized spacial score (nSPS) is 10.3. The molecule has 2 N–H and O–H groups in total. The Hall–Kier alpha value is -2.14. The van der Waals surface area contributed by atoms with E-state index in [-0.39, 0.29) is 12.4 Å². The maximum absolute atomic E-state index is 13.0. The predicted molar refractivity (Wildman–Crippen MR) is 74.3 cm³/mol. The van der Waals surface area contributed by atoms with E-state index in [1.807, 2.05) is 18.2 Å². The smallest absolute Gasteiger partial charge is 0.141 e. The van der Waals surface area contributed by atoms with Crippen molar-refractivity contribution in [3.63, 3.8) is 0 Å². The number of hydrogen-bond donors (Lipinski definition) is 1. The second-order valence-corrected chi connectivity index (χ2v) is 4.31. The first-order valence-electron chi connectivity index (χ1n) is 6.32. The van der Waals surface area contributed by atoms with Crippen LogP contribution in [-0.4, -0.2) is 18.6 Å². The molecule has 0 bridgehead atoms.